The number of benzene rings is 1. The average Bonchev–Trinajstić information content (AvgIpc) is 2.61. The molecule has 1 unspecified atom stereocenters. The number of hydrogen-bond acceptors (Lipinski definition) is 3. The molecule has 134 valence electrons. The zero-order valence-corrected chi connectivity index (χ0v) is 15.5. The van der Waals surface area contributed by atoms with Crippen LogP contribution in [0, 0.1) is 5.41 Å². The number of amides is 1. The summed E-state index contributed by atoms with van der Waals surface area (Å²) >= 11 is 0. The third-order valence-electron chi connectivity index (χ3n) is 5.36. The highest BCUT2D eigenvalue weighted by atomic mass is 16.5. The van der Waals surface area contributed by atoms with Gasteiger partial charge in [-0.25, -0.2) is 0 Å². The maximum absolute atomic E-state index is 12.5. The van der Waals surface area contributed by atoms with E-state index in [1.165, 1.54) is 5.56 Å². The van der Waals surface area contributed by atoms with Crippen molar-refractivity contribution in [1.29, 1.82) is 0 Å². The molecule has 0 bridgehead atoms. The largest absolute Gasteiger partial charge is 0.381 e. The highest BCUT2D eigenvalue weighted by Gasteiger charge is 2.35. The number of ether oxygens (including phenoxy) is 1. The Hall–Kier alpha value is -1.39. The first kappa shape index (κ1) is 18.9. The first-order valence-corrected chi connectivity index (χ1v) is 9.07. The van der Waals surface area contributed by atoms with Crippen molar-refractivity contribution >= 4 is 5.91 Å². The van der Waals surface area contributed by atoms with Gasteiger partial charge in [-0.1, -0.05) is 51.1 Å². The van der Waals surface area contributed by atoms with Gasteiger partial charge in [-0.15, -0.1) is 0 Å². The summed E-state index contributed by atoms with van der Waals surface area (Å²) in [6.07, 6.45) is 2.66. The Morgan fingerprint density at radius 1 is 1.25 bits per heavy atom. The molecule has 4 heteroatoms. The summed E-state index contributed by atoms with van der Waals surface area (Å²) in [5, 5.41) is 6.96. The molecule has 4 nitrogen and oxygen atoms in total. The SMILES string of the molecule is CCC(C)(C)C(=O)NCC1(NC(C)c2ccccc2)CCOCC1. The summed E-state index contributed by atoms with van der Waals surface area (Å²) < 4.78 is 5.55. The minimum atomic E-state index is -0.322. The zero-order valence-electron chi connectivity index (χ0n) is 15.5. The van der Waals surface area contributed by atoms with Crippen LogP contribution in [0.5, 0.6) is 0 Å². The highest BCUT2D eigenvalue weighted by molar-refractivity contribution is 5.81. The van der Waals surface area contributed by atoms with Crippen LogP contribution in [0.25, 0.3) is 0 Å². The van der Waals surface area contributed by atoms with Crippen LogP contribution in [0.1, 0.15) is 58.6 Å². The van der Waals surface area contributed by atoms with Gasteiger partial charge in [-0.05, 0) is 31.7 Å². The molecule has 1 aliphatic rings. The Morgan fingerprint density at radius 3 is 2.46 bits per heavy atom. The van der Waals surface area contributed by atoms with E-state index in [1.807, 2.05) is 19.9 Å². The van der Waals surface area contributed by atoms with E-state index in [1.54, 1.807) is 0 Å². The van der Waals surface area contributed by atoms with Gasteiger partial charge < -0.3 is 15.4 Å². The second kappa shape index (κ2) is 8.13. The second-order valence-corrected chi connectivity index (χ2v) is 7.59. The molecule has 24 heavy (non-hydrogen) atoms. The fourth-order valence-electron chi connectivity index (χ4n) is 3.07. The van der Waals surface area contributed by atoms with Crippen LogP contribution in [0.3, 0.4) is 0 Å². The first-order valence-electron chi connectivity index (χ1n) is 9.07. The Kier molecular flexibility index (Phi) is 6.41. The topological polar surface area (TPSA) is 50.4 Å². The molecule has 1 aromatic carbocycles. The molecule has 1 atom stereocenters. The van der Waals surface area contributed by atoms with Crippen molar-refractivity contribution in [2.24, 2.45) is 5.41 Å². The van der Waals surface area contributed by atoms with E-state index >= 15 is 0 Å². The van der Waals surface area contributed by atoms with Crippen LogP contribution in [0.15, 0.2) is 30.3 Å². The number of carbonyl (C=O) groups is 1. The molecule has 1 heterocycles. The summed E-state index contributed by atoms with van der Waals surface area (Å²) in [4.78, 5) is 12.5. The van der Waals surface area contributed by atoms with E-state index in [0.717, 1.165) is 32.5 Å². The van der Waals surface area contributed by atoms with Gasteiger partial charge in [0, 0.05) is 36.8 Å². The molecule has 1 aliphatic heterocycles. The van der Waals surface area contributed by atoms with Gasteiger partial charge in [0.2, 0.25) is 5.91 Å². The average molecular weight is 332 g/mol. The van der Waals surface area contributed by atoms with Crippen LogP contribution in [0.2, 0.25) is 0 Å². The number of nitrogens with one attached hydrogen (secondary N) is 2. The normalized spacial score (nSPS) is 18.8. The Morgan fingerprint density at radius 2 is 1.88 bits per heavy atom. The van der Waals surface area contributed by atoms with Gasteiger partial charge in [0.05, 0.1) is 0 Å². The Labute approximate surface area is 146 Å². The lowest BCUT2D eigenvalue weighted by molar-refractivity contribution is -0.130. The van der Waals surface area contributed by atoms with Gasteiger partial charge in [0.1, 0.15) is 0 Å². The monoisotopic (exact) mass is 332 g/mol. The van der Waals surface area contributed by atoms with Crippen LogP contribution in [-0.2, 0) is 9.53 Å². The molecular formula is C20H32N2O2. The third kappa shape index (κ3) is 4.81. The van der Waals surface area contributed by atoms with E-state index in [2.05, 4.69) is 48.7 Å². The predicted molar refractivity (Wildman–Crippen MR) is 97.9 cm³/mol. The molecule has 1 aromatic rings. The molecular weight excluding hydrogens is 300 g/mol. The minimum Gasteiger partial charge on any atom is -0.381 e. The second-order valence-electron chi connectivity index (χ2n) is 7.59. The molecule has 2 N–H and O–H groups in total. The van der Waals surface area contributed by atoms with Crippen LogP contribution in [-0.4, -0.2) is 31.2 Å². The van der Waals surface area contributed by atoms with Crippen molar-refractivity contribution in [2.45, 2.75) is 58.5 Å². The lowest BCUT2D eigenvalue weighted by Crippen LogP contribution is -2.58. The standard InChI is InChI=1S/C20H32N2O2/c1-5-19(3,4)18(23)21-15-20(11-13-24-14-12-20)22-16(2)17-9-7-6-8-10-17/h6-10,16,22H,5,11-15H2,1-4H3,(H,21,23). The fraction of sp³-hybridized carbons (Fsp3) is 0.650. The van der Waals surface area contributed by atoms with Crippen molar-refractivity contribution in [3.63, 3.8) is 0 Å². The third-order valence-corrected chi connectivity index (χ3v) is 5.36. The fourth-order valence-corrected chi connectivity index (χ4v) is 3.07. The van der Waals surface area contributed by atoms with E-state index in [0.29, 0.717) is 6.54 Å². The molecule has 1 saturated heterocycles. The summed E-state index contributed by atoms with van der Waals surface area (Å²) in [5.41, 5.74) is 0.841. The van der Waals surface area contributed by atoms with Gasteiger partial charge in [0.25, 0.3) is 0 Å². The minimum absolute atomic E-state index is 0.104. The van der Waals surface area contributed by atoms with E-state index < -0.39 is 0 Å². The van der Waals surface area contributed by atoms with Crippen molar-refractivity contribution in [2.75, 3.05) is 19.8 Å². The molecule has 0 aliphatic carbocycles. The maximum Gasteiger partial charge on any atom is 0.225 e. The molecule has 0 spiro atoms. The van der Waals surface area contributed by atoms with Crippen LogP contribution in [0.4, 0.5) is 0 Å². The Balaban J connectivity index is 2.05. The summed E-state index contributed by atoms with van der Waals surface area (Å²) in [6.45, 7) is 10.4. The van der Waals surface area contributed by atoms with Crippen molar-refractivity contribution in [3.8, 4) is 0 Å². The van der Waals surface area contributed by atoms with E-state index in [9.17, 15) is 4.79 Å². The van der Waals surface area contributed by atoms with Crippen molar-refractivity contribution in [1.82, 2.24) is 10.6 Å². The smallest absolute Gasteiger partial charge is 0.225 e. The van der Waals surface area contributed by atoms with E-state index in [-0.39, 0.29) is 22.9 Å². The number of carbonyl (C=O) groups excluding carboxylic acids is 1. The number of hydrogen-bond donors (Lipinski definition) is 2. The van der Waals surface area contributed by atoms with Crippen LogP contribution >= 0.6 is 0 Å². The molecule has 0 saturated carbocycles. The van der Waals surface area contributed by atoms with Gasteiger partial charge in [0.15, 0.2) is 0 Å². The number of rotatable bonds is 7. The summed E-state index contributed by atoms with van der Waals surface area (Å²) in [5.74, 6) is 0.130. The van der Waals surface area contributed by atoms with Crippen molar-refractivity contribution < 1.29 is 9.53 Å². The van der Waals surface area contributed by atoms with Gasteiger partial charge in [-0.2, -0.15) is 0 Å². The highest BCUT2D eigenvalue weighted by Crippen LogP contribution is 2.26. The molecule has 0 radical (unpaired) electrons. The maximum atomic E-state index is 12.5. The molecule has 2 rings (SSSR count). The quantitative estimate of drug-likeness (QED) is 0.804. The van der Waals surface area contributed by atoms with Crippen molar-refractivity contribution in [3.05, 3.63) is 35.9 Å². The van der Waals surface area contributed by atoms with Crippen LogP contribution < -0.4 is 10.6 Å². The van der Waals surface area contributed by atoms with Gasteiger partial charge >= 0.3 is 0 Å². The zero-order chi connectivity index (χ0) is 17.6. The molecule has 1 fully saturated rings. The summed E-state index contributed by atoms with van der Waals surface area (Å²) in [7, 11) is 0. The van der Waals surface area contributed by atoms with E-state index in [4.69, 9.17) is 4.74 Å². The lowest BCUT2D eigenvalue weighted by Gasteiger charge is -2.41. The van der Waals surface area contributed by atoms with Gasteiger partial charge in [-0.3, -0.25) is 4.79 Å². The summed E-state index contributed by atoms with van der Waals surface area (Å²) in [6, 6.07) is 10.7. The first-order chi connectivity index (χ1) is 11.4. The molecule has 1 amide bonds. The molecule has 0 aromatic heterocycles. The Bertz CT molecular complexity index is 522. The predicted octanol–water partition coefficient (Wildman–Crippen LogP) is 3.44. The lowest BCUT2D eigenvalue weighted by atomic mass is 9.86.